The Kier molecular flexibility index (Phi) is 4.18. The number of nitrogens with one attached hydrogen (secondary N) is 1. The molecule has 100 valence electrons. The summed E-state index contributed by atoms with van der Waals surface area (Å²) in [5.74, 6) is 1.66. The molecule has 1 aromatic heterocycles. The van der Waals surface area contributed by atoms with Crippen LogP contribution in [0.15, 0.2) is 64.2 Å². The molecule has 0 aliphatic rings. The summed E-state index contributed by atoms with van der Waals surface area (Å²) in [5, 5.41) is 7.99. The van der Waals surface area contributed by atoms with Gasteiger partial charge in [-0.1, -0.05) is 70.2 Å². The third-order valence-electron chi connectivity index (χ3n) is 2.77. The van der Waals surface area contributed by atoms with Gasteiger partial charge in [-0.25, -0.2) is 4.98 Å². The number of hydrogen-bond acceptors (Lipinski definition) is 3. The van der Waals surface area contributed by atoms with Crippen LogP contribution in [0.3, 0.4) is 0 Å². The zero-order chi connectivity index (χ0) is 13.8. The Morgan fingerprint density at radius 2 is 1.90 bits per heavy atom. The summed E-state index contributed by atoms with van der Waals surface area (Å²) in [6.07, 6.45) is 0. The Bertz CT molecular complexity index is 697. The van der Waals surface area contributed by atoms with Gasteiger partial charge in [0.15, 0.2) is 5.82 Å². The molecular weight excluding hydrogens is 334 g/mol. The van der Waals surface area contributed by atoms with Gasteiger partial charge < -0.3 is 0 Å². The van der Waals surface area contributed by atoms with Gasteiger partial charge in [-0.2, -0.15) is 0 Å². The standard InChI is InChI=1S/C15H12BrN3S/c16-13-8-4-5-11(9-13)10-20-15-17-14(18-19-15)12-6-2-1-3-7-12/h1-9H,10H2,(H,17,18,19). The lowest BCUT2D eigenvalue weighted by atomic mass is 10.2. The molecule has 1 heterocycles. The average molecular weight is 346 g/mol. The minimum absolute atomic E-state index is 0.767. The summed E-state index contributed by atoms with van der Waals surface area (Å²) in [6.45, 7) is 0. The maximum absolute atomic E-state index is 4.50. The van der Waals surface area contributed by atoms with Crippen LogP contribution >= 0.6 is 27.7 Å². The van der Waals surface area contributed by atoms with Crippen molar-refractivity contribution in [3.8, 4) is 11.4 Å². The van der Waals surface area contributed by atoms with Crippen LogP contribution in [0.5, 0.6) is 0 Å². The van der Waals surface area contributed by atoms with Gasteiger partial charge in [-0.15, -0.1) is 5.10 Å². The maximum Gasteiger partial charge on any atom is 0.209 e. The number of H-pyrrole nitrogens is 1. The van der Waals surface area contributed by atoms with E-state index in [0.29, 0.717) is 0 Å². The highest BCUT2D eigenvalue weighted by molar-refractivity contribution is 9.10. The molecule has 0 radical (unpaired) electrons. The van der Waals surface area contributed by atoms with Crippen molar-refractivity contribution in [2.24, 2.45) is 0 Å². The Morgan fingerprint density at radius 3 is 2.70 bits per heavy atom. The largest absolute Gasteiger partial charge is 0.258 e. The number of thioether (sulfide) groups is 1. The minimum Gasteiger partial charge on any atom is -0.258 e. The topological polar surface area (TPSA) is 41.6 Å². The molecule has 3 rings (SSSR count). The molecule has 0 unspecified atom stereocenters. The molecule has 0 fully saturated rings. The van der Waals surface area contributed by atoms with Crippen LogP contribution in [0.25, 0.3) is 11.4 Å². The fourth-order valence-electron chi connectivity index (χ4n) is 1.81. The smallest absolute Gasteiger partial charge is 0.209 e. The lowest BCUT2D eigenvalue weighted by Gasteiger charge is -1.98. The summed E-state index contributed by atoms with van der Waals surface area (Å²) in [4.78, 5) is 4.50. The lowest BCUT2D eigenvalue weighted by Crippen LogP contribution is -1.82. The van der Waals surface area contributed by atoms with Crippen LogP contribution in [-0.4, -0.2) is 15.2 Å². The van der Waals surface area contributed by atoms with Crippen LogP contribution in [0.1, 0.15) is 5.56 Å². The average Bonchev–Trinajstić information content (AvgIpc) is 2.95. The highest BCUT2D eigenvalue weighted by atomic mass is 79.9. The van der Waals surface area contributed by atoms with Crippen molar-refractivity contribution in [3.63, 3.8) is 0 Å². The van der Waals surface area contributed by atoms with Crippen LogP contribution in [0, 0.1) is 0 Å². The Labute approximate surface area is 130 Å². The van der Waals surface area contributed by atoms with Gasteiger partial charge in [0.05, 0.1) is 0 Å². The summed E-state index contributed by atoms with van der Waals surface area (Å²) >= 11 is 5.10. The molecule has 0 atom stereocenters. The second-order valence-corrected chi connectivity index (χ2v) is 6.11. The molecule has 0 aliphatic heterocycles. The molecule has 0 saturated carbocycles. The minimum atomic E-state index is 0.767. The van der Waals surface area contributed by atoms with Crippen molar-refractivity contribution < 1.29 is 0 Å². The predicted octanol–water partition coefficient (Wildman–Crippen LogP) is 4.53. The molecule has 0 aliphatic carbocycles. The number of nitrogens with zero attached hydrogens (tertiary/aromatic N) is 2. The molecule has 0 bridgehead atoms. The quantitative estimate of drug-likeness (QED) is 0.706. The van der Waals surface area contributed by atoms with E-state index in [0.717, 1.165) is 26.8 Å². The monoisotopic (exact) mass is 345 g/mol. The lowest BCUT2D eigenvalue weighted by molar-refractivity contribution is 0.973. The SMILES string of the molecule is Brc1cccc(CSc2n[nH]c(-c3ccccc3)n2)c1. The number of hydrogen-bond donors (Lipinski definition) is 1. The zero-order valence-electron chi connectivity index (χ0n) is 10.6. The van der Waals surface area contributed by atoms with E-state index in [1.807, 2.05) is 42.5 Å². The first kappa shape index (κ1) is 13.4. The Hall–Kier alpha value is -1.59. The van der Waals surface area contributed by atoms with Crippen molar-refractivity contribution in [2.45, 2.75) is 10.9 Å². The Morgan fingerprint density at radius 1 is 1.05 bits per heavy atom. The fourth-order valence-corrected chi connectivity index (χ4v) is 3.00. The number of rotatable bonds is 4. The summed E-state index contributed by atoms with van der Waals surface area (Å²) < 4.78 is 1.09. The van der Waals surface area contributed by atoms with E-state index in [9.17, 15) is 0 Å². The van der Waals surface area contributed by atoms with E-state index in [1.54, 1.807) is 11.8 Å². The van der Waals surface area contributed by atoms with Crippen molar-refractivity contribution in [1.29, 1.82) is 0 Å². The zero-order valence-corrected chi connectivity index (χ0v) is 13.0. The molecule has 2 aromatic carbocycles. The van der Waals surface area contributed by atoms with Crippen molar-refractivity contribution >= 4 is 27.7 Å². The van der Waals surface area contributed by atoms with Crippen molar-refractivity contribution in [1.82, 2.24) is 15.2 Å². The second kappa shape index (κ2) is 6.24. The Balaban J connectivity index is 1.69. The van der Waals surface area contributed by atoms with Gasteiger partial charge in [0.25, 0.3) is 0 Å². The highest BCUT2D eigenvalue weighted by Crippen LogP contribution is 2.23. The van der Waals surface area contributed by atoms with Gasteiger partial charge in [0.1, 0.15) is 0 Å². The highest BCUT2D eigenvalue weighted by Gasteiger charge is 2.06. The number of benzene rings is 2. The number of aromatic amines is 1. The predicted molar refractivity (Wildman–Crippen MR) is 85.5 cm³/mol. The first-order valence-electron chi connectivity index (χ1n) is 6.16. The van der Waals surface area contributed by atoms with E-state index >= 15 is 0 Å². The molecular formula is C15H12BrN3S. The molecule has 3 aromatic rings. The molecule has 0 amide bonds. The summed E-state index contributed by atoms with van der Waals surface area (Å²) in [6, 6.07) is 18.3. The first-order valence-corrected chi connectivity index (χ1v) is 7.94. The number of aromatic nitrogens is 3. The van der Waals surface area contributed by atoms with Crippen LogP contribution in [0.4, 0.5) is 0 Å². The second-order valence-electron chi connectivity index (χ2n) is 4.25. The summed E-state index contributed by atoms with van der Waals surface area (Å²) in [5.41, 5.74) is 2.30. The molecule has 5 heteroatoms. The van der Waals surface area contributed by atoms with Gasteiger partial charge in [-0.3, -0.25) is 5.10 Å². The van der Waals surface area contributed by atoms with Crippen molar-refractivity contribution in [3.05, 3.63) is 64.6 Å². The van der Waals surface area contributed by atoms with E-state index < -0.39 is 0 Å². The van der Waals surface area contributed by atoms with E-state index in [2.05, 4.69) is 43.2 Å². The summed E-state index contributed by atoms with van der Waals surface area (Å²) in [7, 11) is 0. The van der Waals surface area contributed by atoms with E-state index in [-0.39, 0.29) is 0 Å². The fraction of sp³-hybridized carbons (Fsp3) is 0.0667. The third-order valence-corrected chi connectivity index (χ3v) is 4.18. The van der Waals surface area contributed by atoms with E-state index in [1.165, 1.54) is 5.56 Å². The van der Waals surface area contributed by atoms with Gasteiger partial charge in [0.2, 0.25) is 5.16 Å². The van der Waals surface area contributed by atoms with E-state index in [4.69, 9.17) is 0 Å². The molecule has 1 N–H and O–H groups in total. The molecule has 3 nitrogen and oxygen atoms in total. The van der Waals surface area contributed by atoms with Crippen LogP contribution in [-0.2, 0) is 5.75 Å². The van der Waals surface area contributed by atoms with Crippen molar-refractivity contribution in [2.75, 3.05) is 0 Å². The van der Waals surface area contributed by atoms with Crippen LogP contribution in [0.2, 0.25) is 0 Å². The number of halogens is 1. The first-order chi connectivity index (χ1) is 9.81. The normalized spacial score (nSPS) is 10.7. The van der Waals surface area contributed by atoms with Crippen LogP contribution < -0.4 is 0 Å². The van der Waals surface area contributed by atoms with Gasteiger partial charge in [-0.05, 0) is 17.7 Å². The van der Waals surface area contributed by atoms with Gasteiger partial charge in [0, 0.05) is 15.8 Å². The third kappa shape index (κ3) is 3.29. The molecule has 20 heavy (non-hydrogen) atoms. The molecule has 0 saturated heterocycles. The van der Waals surface area contributed by atoms with Gasteiger partial charge >= 0.3 is 0 Å². The molecule has 0 spiro atoms. The maximum atomic E-state index is 4.50.